The SMILES string of the molecule is CC(C)(C)c1cc(Br)cc(-c2ccc(Cl)cc2C(C)(C)O)c1. The second-order valence-corrected chi connectivity index (χ2v) is 8.58. The zero-order valence-electron chi connectivity index (χ0n) is 13.7. The Labute approximate surface area is 146 Å². The topological polar surface area (TPSA) is 20.2 Å². The smallest absolute Gasteiger partial charge is 0.0847 e. The van der Waals surface area contributed by atoms with E-state index in [0.717, 1.165) is 21.2 Å². The van der Waals surface area contributed by atoms with E-state index in [1.807, 2.05) is 18.2 Å². The van der Waals surface area contributed by atoms with E-state index in [4.69, 9.17) is 11.6 Å². The van der Waals surface area contributed by atoms with Gasteiger partial charge >= 0.3 is 0 Å². The van der Waals surface area contributed by atoms with Gasteiger partial charge in [-0.2, -0.15) is 0 Å². The predicted molar refractivity (Wildman–Crippen MR) is 98.5 cm³/mol. The van der Waals surface area contributed by atoms with Crippen LogP contribution in [-0.2, 0) is 11.0 Å². The maximum absolute atomic E-state index is 10.5. The fraction of sp³-hybridized carbons (Fsp3) is 0.368. The van der Waals surface area contributed by atoms with Gasteiger partial charge in [0, 0.05) is 9.50 Å². The van der Waals surface area contributed by atoms with Crippen LogP contribution in [0.15, 0.2) is 40.9 Å². The van der Waals surface area contributed by atoms with Crippen LogP contribution in [0.4, 0.5) is 0 Å². The zero-order valence-corrected chi connectivity index (χ0v) is 16.0. The van der Waals surface area contributed by atoms with Crippen LogP contribution in [0.25, 0.3) is 11.1 Å². The van der Waals surface area contributed by atoms with Gasteiger partial charge < -0.3 is 5.11 Å². The van der Waals surface area contributed by atoms with Crippen molar-refractivity contribution in [3.05, 3.63) is 57.0 Å². The monoisotopic (exact) mass is 380 g/mol. The molecule has 0 aliphatic heterocycles. The van der Waals surface area contributed by atoms with Gasteiger partial charge in [0.05, 0.1) is 5.60 Å². The van der Waals surface area contributed by atoms with Gasteiger partial charge in [0.25, 0.3) is 0 Å². The van der Waals surface area contributed by atoms with Crippen LogP contribution in [0.5, 0.6) is 0 Å². The molecule has 0 heterocycles. The van der Waals surface area contributed by atoms with Gasteiger partial charge in [0.2, 0.25) is 0 Å². The molecule has 0 bridgehead atoms. The Kier molecular flexibility index (Phi) is 4.77. The first-order chi connectivity index (χ1) is 9.98. The summed E-state index contributed by atoms with van der Waals surface area (Å²) in [7, 11) is 0. The molecule has 0 saturated heterocycles. The Morgan fingerprint density at radius 1 is 0.955 bits per heavy atom. The van der Waals surface area contributed by atoms with Crippen molar-refractivity contribution in [3.8, 4) is 11.1 Å². The molecule has 0 aliphatic rings. The second-order valence-electron chi connectivity index (χ2n) is 7.23. The van der Waals surface area contributed by atoms with E-state index < -0.39 is 5.60 Å². The van der Waals surface area contributed by atoms with E-state index in [-0.39, 0.29) is 5.41 Å². The molecule has 0 saturated carbocycles. The van der Waals surface area contributed by atoms with Crippen molar-refractivity contribution in [2.45, 2.75) is 45.6 Å². The molecular formula is C19H22BrClO. The van der Waals surface area contributed by atoms with E-state index in [1.54, 1.807) is 13.8 Å². The lowest BCUT2D eigenvalue weighted by molar-refractivity contribution is 0.0792. The Morgan fingerprint density at radius 3 is 2.14 bits per heavy atom. The van der Waals surface area contributed by atoms with Crippen molar-refractivity contribution in [1.82, 2.24) is 0 Å². The van der Waals surface area contributed by atoms with Gasteiger partial charge in [-0.25, -0.2) is 0 Å². The lowest BCUT2D eigenvalue weighted by Crippen LogP contribution is -2.17. The first-order valence-corrected chi connectivity index (χ1v) is 8.49. The summed E-state index contributed by atoms with van der Waals surface area (Å²) in [5.41, 5.74) is 3.26. The van der Waals surface area contributed by atoms with Crippen molar-refractivity contribution in [2.75, 3.05) is 0 Å². The maximum atomic E-state index is 10.5. The van der Waals surface area contributed by atoms with Crippen LogP contribution in [0.1, 0.15) is 45.7 Å². The van der Waals surface area contributed by atoms with Crippen LogP contribution < -0.4 is 0 Å². The summed E-state index contributed by atoms with van der Waals surface area (Å²) in [5.74, 6) is 0. The van der Waals surface area contributed by atoms with Crippen molar-refractivity contribution >= 4 is 27.5 Å². The molecule has 118 valence electrons. The Balaban J connectivity index is 2.70. The molecule has 22 heavy (non-hydrogen) atoms. The summed E-state index contributed by atoms with van der Waals surface area (Å²) in [5, 5.41) is 11.1. The normalized spacial score (nSPS) is 12.5. The Morgan fingerprint density at radius 2 is 1.59 bits per heavy atom. The molecule has 0 fully saturated rings. The van der Waals surface area contributed by atoms with Crippen LogP contribution in [0.2, 0.25) is 5.02 Å². The first kappa shape index (κ1) is 17.5. The van der Waals surface area contributed by atoms with E-state index in [9.17, 15) is 5.11 Å². The van der Waals surface area contributed by atoms with E-state index >= 15 is 0 Å². The molecule has 0 aliphatic carbocycles. The minimum absolute atomic E-state index is 0.0554. The molecule has 0 atom stereocenters. The average Bonchev–Trinajstić information content (AvgIpc) is 2.35. The number of aliphatic hydroxyl groups is 1. The fourth-order valence-corrected chi connectivity index (χ4v) is 3.12. The molecule has 2 aromatic carbocycles. The van der Waals surface area contributed by atoms with Crippen molar-refractivity contribution in [2.24, 2.45) is 0 Å². The highest BCUT2D eigenvalue weighted by Gasteiger charge is 2.22. The highest BCUT2D eigenvalue weighted by Crippen LogP contribution is 2.37. The molecule has 1 N–H and O–H groups in total. The number of halogens is 2. The Bertz CT molecular complexity index is 694. The molecule has 2 rings (SSSR count). The summed E-state index contributed by atoms with van der Waals surface area (Å²) in [6.45, 7) is 10.1. The minimum atomic E-state index is -0.954. The highest BCUT2D eigenvalue weighted by molar-refractivity contribution is 9.10. The fourth-order valence-electron chi connectivity index (χ4n) is 2.45. The third-order valence-corrected chi connectivity index (χ3v) is 4.41. The molecule has 0 unspecified atom stereocenters. The molecule has 3 heteroatoms. The molecule has 0 radical (unpaired) electrons. The number of benzene rings is 2. The lowest BCUT2D eigenvalue weighted by Gasteiger charge is -2.24. The average molecular weight is 382 g/mol. The van der Waals surface area contributed by atoms with Crippen molar-refractivity contribution in [1.29, 1.82) is 0 Å². The van der Waals surface area contributed by atoms with Crippen LogP contribution in [0.3, 0.4) is 0 Å². The van der Waals surface area contributed by atoms with Crippen molar-refractivity contribution in [3.63, 3.8) is 0 Å². The number of rotatable bonds is 2. The van der Waals surface area contributed by atoms with Crippen LogP contribution in [0, 0.1) is 0 Å². The summed E-state index contributed by atoms with van der Waals surface area (Å²) >= 11 is 9.73. The molecule has 0 aromatic heterocycles. The summed E-state index contributed by atoms with van der Waals surface area (Å²) in [6.07, 6.45) is 0. The van der Waals surface area contributed by atoms with Gasteiger partial charge in [-0.15, -0.1) is 0 Å². The molecule has 1 nitrogen and oxygen atoms in total. The largest absolute Gasteiger partial charge is 0.386 e. The van der Waals surface area contributed by atoms with Gasteiger partial charge in [-0.1, -0.05) is 60.4 Å². The second kappa shape index (κ2) is 5.99. The summed E-state index contributed by atoms with van der Waals surface area (Å²) in [4.78, 5) is 0. The molecule has 2 aromatic rings. The molecule has 0 spiro atoms. The highest BCUT2D eigenvalue weighted by atomic mass is 79.9. The minimum Gasteiger partial charge on any atom is -0.386 e. The molecule has 0 amide bonds. The van der Waals surface area contributed by atoms with Gasteiger partial charge in [0.1, 0.15) is 0 Å². The predicted octanol–water partition coefficient (Wildman–Crippen LogP) is 6.29. The molecular weight excluding hydrogens is 360 g/mol. The van der Waals surface area contributed by atoms with Gasteiger partial charge in [0.15, 0.2) is 0 Å². The van der Waals surface area contributed by atoms with E-state index in [2.05, 4.69) is 54.9 Å². The maximum Gasteiger partial charge on any atom is 0.0847 e. The van der Waals surface area contributed by atoms with Gasteiger partial charge in [-0.3, -0.25) is 0 Å². The standard InChI is InChI=1S/C19H22BrClO/c1-18(2,3)13-8-12(9-14(20)10-13)16-7-6-15(21)11-17(16)19(4,5)22/h6-11,22H,1-5H3. The lowest BCUT2D eigenvalue weighted by atomic mass is 9.83. The Hall–Kier alpha value is -0.830. The van der Waals surface area contributed by atoms with Crippen LogP contribution >= 0.6 is 27.5 Å². The third-order valence-electron chi connectivity index (χ3n) is 3.72. The van der Waals surface area contributed by atoms with E-state index in [0.29, 0.717) is 5.02 Å². The zero-order chi connectivity index (χ0) is 16.7. The number of hydrogen-bond acceptors (Lipinski definition) is 1. The summed E-state index contributed by atoms with van der Waals surface area (Å²) < 4.78 is 1.03. The van der Waals surface area contributed by atoms with Crippen LogP contribution in [-0.4, -0.2) is 5.11 Å². The first-order valence-electron chi connectivity index (χ1n) is 7.32. The number of hydrogen-bond donors (Lipinski definition) is 1. The van der Waals surface area contributed by atoms with Crippen molar-refractivity contribution < 1.29 is 5.11 Å². The quantitative estimate of drug-likeness (QED) is 0.647. The van der Waals surface area contributed by atoms with E-state index in [1.165, 1.54) is 5.56 Å². The third kappa shape index (κ3) is 3.92. The summed E-state index contributed by atoms with van der Waals surface area (Å²) in [6, 6.07) is 12.1. The van der Waals surface area contributed by atoms with Gasteiger partial charge in [-0.05, 0) is 65.8 Å².